The number of hydroxylamine groups is 2. The van der Waals surface area contributed by atoms with E-state index in [4.69, 9.17) is 9.84 Å². The Morgan fingerprint density at radius 3 is 2.32 bits per heavy atom. The van der Waals surface area contributed by atoms with Gasteiger partial charge in [0.05, 0.1) is 0 Å². The third-order valence-electron chi connectivity index (χ3n) is 3.36. The molecule has 2 rings (SSSR count). The number of hydrogen-bond donors (Lipinski definition) is 2. The van der Waals surface area contributed by atoms with Crippen LogP contribution in [0.15, 0.2) is 24.3 Å². The molecule has 25 heavy (non-hydrogen) atoms. The van der Waals surface area contributed by atoms with E-state index in [1.807, 2.05) is 0 Å². The second-order valence-electron chi connectivity index (χ2n) is 5.24. The number of aliphatic hydroxyl groups excluding tert-OH is 1. The zero-order valence-corrected chi connectivity index (χ0v) is 13.4. The number of nitrogens with one attached hydrogen (secondary N) is 1. The number of carbonyl (C=O) groups excluding carboxylic acids is 4. The smallest absolute Gasteiger partial charge is 0.396 e. The van der Waals surface area contributed by atoms with E-state index in [0.29, 0.717) is 30.0 Å². The van der Waals surface area contributed by atoms with Crippen molar-refractivity contribution in [2.75, 3.05) is 13.2 Å². The van der Waals surface area contributed by atoms with Crippen molar-refractivity contribution in [3.8, 4) is 5.75 Å². The monoisotopic (exact) mass is 350 g/mol. The molecule has 1 fully saturated rings. The van der Waals surface area contributed by atoms with Crippen LogP contribution in [0.5, 0.6) is 5.75 Å². The van der Waals surface area contributed by atoms with Gasteiger partial charge >= 0.3 is 6.16 Å². The number of rotatable bonds is 7. The van der Waals surface area contributed by atoms with E-state index in [-0.39, 0.29) is 31.1 Å². The summed E-state index contributed by atoms with van der Waals surface area (Å²) in [6.07, 6.45) is 0.0490. The maximum Gasteiger partial charge on any atom is 0.539 e. The Balaban J connectivity index is 1.83. The van der Waals surface area contributed by atoms with E-state index >= 15 is 0 Å². The molecule has 9 heteroatoms. The van der Waals surface area contributed by atoms with Crippen molar-refractivity contribution >= 4 is 23.9 Å². The molecule has 0 bridgehead atoms. The van der Waals surface area contributed by atoms with Gasteiger partial charge in [0.15, 0.2) is 0 Å². The number of ether oxygens (including phenoxy) is 1. The summed E-state index contributed by atoms with van der Waals surface area (Å²) < 4.78 is 4.85. The number of hydrogen-bond acceptors (Lipinski definition) is 7. The van der Waals surface area contributed by atoms with E-state index in [1.54, 1.807) is 0 Å². The normalized spacial score (nSPS) is 13.7. The number of unbranched alkanes of at least 4 members (excludes halogenated alkanes) is 1. The number of amides is 3. The van der Waals surface area contributed by atoms with Gasteiger partial charge in [-0.25, -0.2) is 4.79 Å². The van der Waals surface area contributed by atoms with Crippen LogP contribution in [0.3, 0.4) is 0 Å². The lowest BCUT2D eigenvalue weighted by Crippen LogP contribution is -2.33. The van der Waals surface area contributed by atoms with Crippen molar-refractivity contribution in [1.29, 1.82) is 0 Å². The number of aliphatic hydroxyl groups is 1. The summed E-state index contributed by atoms with van der Waals surface area (Å²) in [5.41, 5.74) is 0.370. The maximum atomic E-state index is 11.9. The minimum absolute atomic E-state index is 0.00573. The fraction of sp³-hybridized carbons (Fsp3) is 0.375. The van der Waals surface area contributed by atoms with Crippen molar-refractivity contribution in [2.45, 2.75) is 25.7 Å². The molecular weight excluding hydrogens is 332 g/mol. The number of nitrogens with zero attached hydrogens (tertiary/aromatic N) is 1. The predicted molar refractivity (Wildman–Crippen MR) is 83.3 cm³/mol. The SMILES string of the molecule is O=C(Oc1ccc(C(=O)NCCCCO)cc1)ON1C(=O)CCC1=O. The molecule has 134 valence electrons. The van der Waals surface area contributed by atoms with Crippen LogP contribution in [0.2, 0.25) is 0 Å². The summed E-state index contributed by atoms with van der Waals surface area (Å²) in [7, 11) is 0. The van der Waals surface area contributed by atoms with Crippen LogP contribution in [0, 0.1) is 0 Å². The molecule has 0 unspecified atom stereocenters. The fourth-order valence-corrected chi connectivity index (χ4v) is 2.06. The molecule has 9 nitrogen and oxygen atoms in total. The summed E-state index contributed by atoms with van der Waals surface area (Å²) in [6.45, 7) is 0.522. The van der Waals surface area contributed by atoms with E-state index in [0.717, 1.165) is 0 Å². The van der Waals surface area contributed by atoms with Gasteiger partial charge in [0.25, 0.3) is 17.7 Å². The zero-order valence-electron chi connectivity index (χ0n) is 13.4. The van der Waals surface area contributed by atoms with Crippen molar-refractivity contribution in [1.82, 2.24) is 10.4 Å². The molecule has 1 aromatic rings. The van der Waals surface area contributed by atoms with Crippen LogP contribution in [0.1, 0.15) is 36.0 Å². The summed E-state index contributed by atoms with van der Waals surface area (Å²) >= 11 is 0. The van der Waals surface area contributed by atoms with Crippen molar-refractivity contribution in [3.63, 3.8) is 0 Å². The molecule has 0 aromatic heterocycles. The lowest BCUT2D eigenvalue weighted by Gasteiger charge is -2.12. The Morgan fingerprint density at radius 2 is 1.72 bits per heavy atom. The molecule has 1 aromatic carbocycles. The van der Waals surface area contributed by atoms with E-state index in [1.165, 1.54) is 24.3 Å². The number of imide groups is 1. The minimum Gasteiger partial charge on any atom is -0.396 e. The average molecular weight is 350 g/mol. The lowest BCUT2D eigenvalue weighted by atomic mass is 10.2. The fourth-order valence-electron chi connectivity index (χ4n) is 2.06. The van der Waals surface area contributed by atoms with Crippen LogP contribution >= 0.6 is 0 Å². The van der Waals surface area contributed by atoms with Gasteiger partial charge in [0.2, 0.25) is 0 Å². The van der Waals surface area contributed by atoms with Gasteiger partial charge in [-0.05, 0) is 37.1 Å². The topological polar surface area (TPSA) is 122 Å². The summed E-state index contributed by atoms with van der Waals surface area (Å²) in [4.78, 5) is 50.7. The first-order valence-corrected chi connectivity index (χ1v) is 7.76. The van der Waals surface area contributed by atoms with Gasteiger partial charge in [0, 0.05) is 31.6 Å². The second-order valence-corrected chi connectivity index (χ2v) is 5.24. The minimum atomic E-state index is -1.22. The van der Waals surface area contributed by atoms with E-state index in [9.17, 15) is 19.2 Å². The molecule has 0 atom stereocenters. The van der Waals surface area contributed by atoms with Gasteiger partial charge < -0.3 is 15.2 Å². The molecule has 3 amide bonds. The van der Waals surface area contributed by atoms with Crippen LogP contribution in [-0.2, 0) is 14.4 Å². The molecule has 1 aliphatic heterocycles. The molecule has 1 aliphatic rings. The maximum absolute atomic E-state index is 11.9. The van der Waals surface area contributed by atoms with Crippen molar-refractivity contribution < 1.29 is 33.9 Å². The number of carbonyl (C=O) groups is 4. The van der Waals surface area contributed by atoms with E-state index in [2.05, 4.69) is 10.2 Å². The second kappa shape index (κ2) is 8.78. The molecule has 0 spiro atoms. The molecular formula is C16H18N2O7. The number of benzene rings is 1. The lowest BCUT2D eigenvalue weighted by molar-refractivity contribution is -0.174. The highest BCUT2D eigenvalue weighted by atomic mass is 16.8. The zero-order chi connectivity index (χ0) is 18.2. The van der Waals surface area contributed by atoms with Crippen molar-refractivity contribution in [2.24, 2.45) is 0 Å². The average Bonchev–Trinajstić information content (AvgIpc) is 2.91. The third kappa shape index (κ3) is 5.28. The Morgan fingerprint density at radius 1 is 1.08 bits per heavy atom. The van der Waals surface area contributed by atoms with Gasteiger partial charge in [-0.15, -0.1) is 0 Å². The molecule has 0 aliphatic carbocycles. The molecule has 1 heterocycles. The molecule has 2 N–H and O–H groups in total. The highest BCUT2D eigenvalue weighted by Crippen LogP contribution is 2.16. The standard InChI is InChI=1S/C16H18N2O7/c19-10-2-1-9-17-15(22)11-3-5-12(6-4-11)24-16(23)25-18-13(20)7-8-14(18)21/h3-6,19H,1-2,7-10H2,(H,17,22). The van der Waals surface area contributed by atoms with Crippen LogP contribution in [-0.4, -0.2) is 47.2 Å². The van der Waals surface area contributed by atoms with Crippen molar-refractivity contribution in [3.05, 3.63) is 29.8 Å². The van der Waals surface area contributed by atoms with E-state index < -0.39 is 18.0 Å². The Kier molecular flexibility index (Phi) is 6.47. The molecule has 0 radical (unpaired) electrons. The largest absolute Gasteiger partial charge is 0.539 e. The summed E-state index contributed by atoms with van der Waals surface area (Å²) in [6, 6.07) is 5.68. The third-order valence-corrected chi connectivity index (χ3v) is 3.36. The quantitative estimate of drug-likeness (QED) is 0.322. The molecule has 0 saturated carbocycles. The highest BCUT2D eigenvalue weighted by molar-refractivity contribution is 6.01. The van der Waals surface area contributed by atoms with Gasteiger partial charge in [-0.1, -0.05) is 5.06 Å². The summed E-state index contributed by atoms with van der Waals surface area (Å²) in [5.74, 6) is -1.40. The summed E-state index contributed by atoms with van der Waals surface area (Å²) in [5, 5.41) is 11.7. The first-order valence-electron chi connectivity index (χ1n) is 7.76. The van der Waals surface area contributed by atoms with Crippen LogP contribution in [0.25, 0.3) is 0 Å². The Hall–Kier alpha value is -2.94. The molecule has 1 saturated heterocycles. The van der Waals surface area contributed by atoms with Crippen LogP contribution in [0.4, 0.5) is 4.79 Å². The first kappa shape index (κ1) is 18.4. The predicted octanol–water partition coefficient (Wildman–Crippen LogP) is 0.768. The Labute approximate surface area is 143 Å². The van der Waals surface area contributed by atoms with Gasteiger partial charge in [-0.3, -0.25) is 19.2 Å². The van der Waals surface area contributed by atoms with Crippen LogP contribution < -0.4 is 10.1 Å². The van der Waals surface area contributed by atoms with Gasteiger partial charge in [-0.2, -0.15) is 0 Å². The van der Waals surface area contributed by atoms with Gasteiger partial charge in [0.1, 0.15) is 5.75 Å². The Bertz CT molecular complexity index is 641. The highest BCUT2D eigenvalue weighted by Gasteiger charge is 2.33. The first-order chi connectivity index (χ1) is 12.0.